The van der Waals surface area contributed by atoms with Gasteiger partial charge in [0.25, 0.3) is 0 Å². The summed E-state index contributed by atoms with van der Waals surface area (Å²) < 4.78 is 11.5. The predicted molar refractivity (Wildman–Crippen MR) is 140 cm³/mol. The second kappa shape index (κ2) is 9.96. The first-order chi connectivity index (χ1) is 16.3. The van der Waals surface area contributed by atoms with Gasteiger partial charge in [0.1, 0.15) is 18.1 Å². The molecule has 0 radical (unpaired) electrons. The Bertz CT molecular complexity index is 1330. The van der Waals surface area contributed by atoms with Gasteiger partial charge in [0.15, 0.2) is 5.78 Å². The van der Waals surface area contributed by atoms with Crippen molar-refractivity contribution in [1.82, 2.24) is 0 Å². The van der Waals surface area contributed by atoms with Crippen molar-refractivity contribution in [2.45, 2.75) is 32.8 Å². The Morgan fingerprint density at radius 2 is 1.59 bits per heavy atom. The molecule has 0 fully saturated rings. The van der Waals surface area contributed by atoms with Crippen LogP contribution in [-0.4, -0.2) is 12.9 Å². The largest absolute Gasteiger partial charge is 0.496 e. The zero-order valence-electron chi connectivity index (χ0n) is 20.2. The van der Waals surface area contributed by atoms with Crippen molar-refractivity contribution in [2.24, 2.45) is 0 Å². The summed E-state index contributed by atoms with van der Waals surface area (Å²) in [6.07, 6.45) is 3.44. The Hall–Kier alpha value is -3.85. The smallest absolute Gasteiger partial charge is 0.185 e. The van der Waals surface area contributed by atoms with Gasteiger partial charge in [-0.2, -0.15) is 0 Å². The van der Waals surface area contributed by atoms with E-state index in [-0.39, 0.29) is 11.2 Å². The van der Waals surface area contributed by atoms with E-state index in [1.54, 1.807) is 13.2 Å². The van der Waals surface area contributed by atoms with Gasteiger partial charge < -0.3 is 9.47 Å². The minimum Gasteiger partial charge on any atom is -0.496 e. The Labute approximate surface area is 201 Å². The molecule has 0 bridgehead atoms. The molecular weight excluding hydrogens is 420 g/mol. The third-order valence-corrected chi connectivity index (χ3v) is 5.88. The lowest BCUT2D eigenvalue weighted by Crippen LogP contribution is -2.10. The van der Waals surface area contributed by atoms with Crippen molar-refractivity contribution in [3.8, 4) is 11.5 Å². The Morgan fingerprint density at radius 1 is 0.853 bits per heavy atom. The van der Waals surface area contributed by atoms with Crippen LogP contribution < -0.4 is 9.47 Å². The number of ketones is 1. The zero-order valence-corrected chi connectivity index (χ0v) is 20.2. The van der Waals surface area contributed by atoms with E-state index in [4.69, 9.17) is 9.47 Å². The van der Waals surface area contributed by atoms with Crippen molar-refractivity contribution in [3.63, 3.8) is 0 Å². The summed E-state index contributed by atoms with van der Waals surface area (Å²) in [5, 5.41) is 2.18. The Kier molecular flexibility index (Phi) is 6.83. The zero-order chi connectivity index (χ0) is 24.1. The molecule has 4 aromatic carbocycles. The molecule has 0 aliphatic heterocycles. The van der Waals surface area contributed by atoms with Crippen LogP contribution in [0.2, 0.25) is 0 Å². The maximum Gasteiger partial charge on any atom is 0.185 e. The lowest BCUT2D eigenvalue weighted by Gasteiger charge is -2.19. The van der Waals surface area contributed by atoms with Crippen molar-refractivity contribution in [3.05, 3.63) is 113 Å². The second-order valence-electron chi connectivity index (χ2n) is 9.39. The topological polar surface area (TPSA) is 35.5 Å². The highest BCUT2D eigenvalue weighted by molar-refractivity contribution is 6.08. The normalized spacial score (nSPS) is 11.6. The number of methoxy groups -OCH3 is 1. The van der Waals surface area contributed by atoms with Crippen molar-refractivity contribution < 1.29 is 14.3 Å². The van der Waals surface area contributed by atoms with E-state index in [1.807, 2.05) is 78.9 Å². The van der Waals surface area contributed by atoms with Crippen molar-refractivity contribution in [1.29, 1.82) is 0 Å². The van der Waals surface area contributed by atoms with E-state index >= 15 is 0 Å². The van der Waals surface area contributed by atoms with Crippen molar-refractivity contribution >= 4 is 22.6 Å². The van der Waals surface area contributed by atoms with Gasteiger partial charge in [-0.15, -0.1) is 0 Å². The highest BCUT2D eigenvalue weighted by atomic mass is 16.5. The third-order valence-electron chi connectivity index (χ3n) is 5.88. The molecule has 4 aromatic rings. The van der Waals surface area contributed by atoms with Crippen LogP contribution in [0.15, 0.2) is 91.0 Å². The van der Waals surface area contributed by atoms with Gasteiger partial charge in [-0.05, 0) is 63.7 Å². The number of rotatable bonds is 7. The van der Waals surface area contributed by atoms with Gasteiger partial charge in [-0.1, -0.05) is 81.4 Å². The molecule has 0 spiro atoms. The molecule has 0 aromatic heterocycles. The van der Waals surface area contributed by atoms with Crippen LogP contribution in [0, 0.1) is 0 Å². The summed E-state index contributed by atoms with van der Waals surface area (Å²) >= 11 is 0. The highest BCUT2D eigenvalue weighted by Crippen LogP contribution is 2.26. The average molecular weight is 451 g/mol. The quantitative estimate of drug-likeness (QED) is 0.215. The number of ether oxygens (including phenoxy) is 2. The first-order valence-corrected chi connectivity index (χ1v) is 11.4. The molecule has 0 N–H and O–H groups in total. The lowest BCUT2D eigenvalue weighted by atomic mass is 9.87. The molecule has 0 atom stereocenters. The molecule has 0 saturated carbocycles. The number of allylic oxidation sites excluding steroid dienone is 1. The van der Waals surface area contributed by atoms with Crippen LogP contribution in [0.3, 0.4) is 0 Å². The molecule has 0 heterocycles. The number of hydrogen-bond acceptors (Lipinski definition) is 3. The molecule has 3 heteroatoms. The van der Waals surface area contributed by atoms with E-state index in [0.29, 0.717) is 12.2 Å². The molecule has 0 saturated heterocycles. The van der Waals surface area contributed by atoms with Crippen LogP contribution in [0.5, 0.6) is 11.5 Å². The minimum absolute atomic E-state index is 0.0293. The van der Waals surface area contributed by atoms with Crippen LogP contribution in [0.25, 0.3) is 16.8 Å². The van der Waals surface area contributed by atoms with Gasteiger partial charge in [0, 0.05) is 11.1 Å². The number of fused-ring (bicyclic) bond motifs is 1. The SMILES string of the molecule is COc1ccc(/C=C/C(=O)c2ccc3ccccc3c2)cc1COc1ccc(C(C)(C)C)cc1. The van der Waals surface area contributed by atoms with Crippen LogP contribution in [-0.2, 0) is 12.0 Å². The first-order valence-electron chi connectivity index (χ1n) is 11.4. The molecule has 0 unspecified atom stereocenters. The molecule has 0 amide bonds. The fraction of sp³-hybridized carbons (Fsp3) is 0.194. The standard InChI is InChI=1S/C31H30O3/c1-31(2,3)27-13-15-28(16-14-27)34-21-26-19-22(10-18-30(26)33-4)9-17-29(32)25-12-11-23-7-5-6-8-24(23)20-25/h5-20H,21H2,1-4H3/b17-9+. The van der Waals surface area contributed by atoms with E-state index in [1.165, 1.54) is 5.56 Å². The van der Waals surface area contributed by atoms with Gasteiger partial charge in [-0.3, -0.25) is 4.79 Å². The van der Waals surface area contributed by atoms with E-state index in [2.05, 4.69) is 32.9 Å². The maximum absolute atomic E-state index is 12.7. The van der Waals surface area contributed by atoms with Crippen LogP contribution in [0.1, 0.15) is 47.8 Å². The van der Waals surface area contributed by atoms with Gasteiger partial charge >= 0.3 is 0 Å². The molecular formula is C31H30O3. The van der Waals surface area contributed by atoms with Crippen LogP contribution in [0.4, 0.5) is 0 Å². The average Bonchev–Trinajstić information content (AvgIpc) is 2.85. The number of carbonyl (C=O) groups excluding carboxylic acids is 1. The van der Waals surface area contributed by atoms with Crippen molar-refractivity contribution in [2.75, 3.05) is 7.11 Å². The molecule has 34 heavy (non-hydrogen) atoms. The van der Waals surface area contributed by atoms with Gasteiger partial charge in [0.05, 0.1) is 7.11 Å². The van der Waals surface area contributed by atoms with Crippen LogP contribution >= 0.6 is 0 Å². The summed E-state index contributed by atoms with van der Waals surface area (Å²) in [4.78, 5) is 12.7. The molecule has 0 aliphatic carbocycles. The summed E-state index contributed by atoms with van der Waals surface area (Å²) in [6, 6.07) is 27.8. The molecule has 4 rings (SSSR count). The third kappa shape index (κ3) is 5.55. The number of carbonyl (C=O) groups is 1. The summed E-state index contributed by atoms with van der Waals surface area (Å²) in [5.41, 5.74) is 3.87. The summed E-state index contributed by atoms with van der Waals surface area (Å²) in [7, 11) is 1.65. The summed E-state index contributed by atoms with van der Waals surface area (Å²) in [6.45, 7) is 6.95. The molecule has 0 aliphatic rings. The number of hydrogen-bond donors (Lipinski definition) is 0. The fourth-order valence-electron chi connectivity index (χ4n) is 3.84. The Morgan fingerprint density at radius 3 is 2.29 bits per heavy atom. The monoisotopic (exact) mass is 450 g/mol. The van der Waals surface area contributed by atoms with Gasteiger partial charge in [0.2, 0.25) is 0 Å². The van der Waals surface area contributed by atoms with E-state index in [9.17, 15) is 4.79 Å². The highest BCUT2D eigenvalue weighted by Gasteiger charge is 2.13. The second-order valence-corrected chi connectivity index (χ2v) is 9.39. The minimum atomic E-state index is -0.0293. The van der Waals surface area contributed by atoms with E-state index in [0.717, 1.165) is 33.4 Å². The fourth-order valence-corrected chi connectivity index (χ4v) is 3.84. The van der Waals surface area contributed by atoms with Gasteiger partial charge in [-0.25, -0.2) is 0 Å². The number of benzene rings is 4. The predicted octanol–water partition coefficient (Wildman–Crippen LogP) is 7.62. The molecule has 3 nitrogen and oxygen atoms in total. The maximum atomic E-state index is 12.7. The first kappa shape index (κ1) is 23.3. The molecule has 172 valence electrons. The van der Waals surface area contributed by atoms with E-state index < -0.39 is 0 Å². The lowest BCUT2D eigenvalue weighted by molar-refractivity contribution is 0.104. The summed E-state index contributed by atoms with van der Waals surface area (Å²) in [5.74, 6) is 1.53. The Balaban J connectivity index is 1.47.